The van der Waals surface area contributed by atoms with Crippen LogP contribution >= 0.6 is 0 Å². The smallest absolute Gasteiger partial charge is 0.0470 e. The minimum Gasteiger partial charge on any atom is -0.354 e. The van der Waals surface area contributed by atoms with Crippen LogP contribution < -0.4 is 5.32 Å². The van der Waals surface area contributed by atoms with Crippen molar-refractivity contribution in [2.45, 2.75) is 0 Å². The summed E-state index contributed by atoms with van der Waals surface area (Å²) in [4.78, 5) is 0. The van der Waals surface area contributed by atoms with E-state index >= 15 is 0 Å². The number of rotatable bonds is 4. The number of nitrogens with one attached hydrogen (secondary N) is 1. The monoisotopic (exact) mass is 371 g/mol. The van der Waals surface area contributed by atoms with E-state index in [0.717, 1.165) is 11.4 Å². The van der Waals surface area contributed by atoms with E-state index in [0.29, 0.717) is 0 Å². The van der Waals surface area contributed by atoms with Gasteiger partial charge in [0, 0.05) is 22.3 Å². The van der Waals surface area contributed by atoms with Gasteiger partial charge in [-0.3, -0.25) is 0 Å². The molecule has 0 aromatic heterocycles. The van der Waals surface area contributed by atoms with E-state index in [1.807, 2.05) is 6.07 Å². The summed E-state index contributed by atoms with van der Waals surface area (Å²) in [6.07, 6.45) is 2.23. The molecule has 5 rings (SSSR count). The molecule has 1 nitrogen and oxygen atoms in total. The Morgan fingerprint density at radius 3 is 1.90 bits per heavy atom. The minimum absolute atomic E-state index is 1.09. The van der Waals surface area contributed by atoms with E-state index in [1.54, 1.807) is 0 Å². The van der Waals surface area contributed by atoms with Gasteiger partial charge in [0.25, 0.3) is 0 Å². The molecule has 0 heterocycles. The standard InChI is InChI=1S/C28H21N/c1-2-10-21(11-3-1)20-28(26-18-8-14-22-12-4-6-16-24(22)26)29-27-19-9-15-23-13-5-7-17-25(23)27/h1-20,29H. The molecule has 1 N–H and O–H groups in total. The number of hydrogen-bond acceptors (Lipinski definition) is 1. The predicted molar refractivity (Wildman–Crippen MR) is 126 cm³/mol. The van der Waals surface area contributed by atoms with Crippen molar-refractivity contribution in [1.29, 1.82) is 0 Å². The maximum Gasteiger partial charge on any atom is 0.0470 e. The van der Waals surface area contributed by atoms with E-state index in [-0.39, 0.29) is 0 Å². The Balaban J connectivity index is 1.70. The van der Waals surface area contributed by atoms with Crippen LogP contribution in [0.5, 0.6) is 0 Å². The van der Waals surface area contributed by atoms with Gasteiger partial charge in [-0.15, -0.1) is 0 Å². The van der Waals surface area contributed by atoms with Crippen LogP contribution in [0.25, 0.3) is 33.3 Å². The van der Waals surface area contributed by atoms with Crippen molar-refractivity contribution >= 4 is 39.0 Å². The zero-order chi connectivity index (χ0) is 19.5. The van der Waals surface area contributed by atoms with Crippen molar-refractivity contribution < 1.29 is 0 Å². The maximum absolute atomic E-state index is 3.74. The second kappa shape index (κ2) is 7.65. The van der Waals surface area contributed by atoms with E-state index in [9.17, 15) is 0 Å². The van der Waals surface area contributed by atoms with Gasteiger partial charge in [0.1, 0.15) is 0 Å². The molecule has 0 aliphatic rings. The van der Waals surface area contributed by atoms with Crippen LogP contribution in [-0.4, -0.2) is 0 Å². The lowest BCUT2D eigenvalue weighted by Gasteiger charge is -2.16. The van der Waals surface area contributed by atoms with Crippen LogP contribution in [0.15, 0.2) is 115 Å². The van der Waals surface area contributed by atoms with Gasteiger partial charge in [-0.05, 0) is 33.9 Å². The molecule has 0 atom stereocenters. The largest absolute Gasteiger partial charge is 0.354 e. The van der Waals surface area contributed by atoms with Crippen molar-refractivity contribution in [2.75, 3.05) is 5.32 Å². The van der Waals surface area contributed by atoms with E-state index in [1.165, 1.54) is 32.7 Å². The van der Waals surface area contributed by atoms with Gasteiger partial charge in [-0.2, -0.15) is 0 Å². The highest BCUT2D eigenvalue weighted by atomic mass is 14.9. The minimum atomic E-state index is 1.09. The summed E-state index contributed by atoms with van der Waals surface area (Å²) >= 11 is 0. The fraction of sp³-hybridized carbons (Fsp3) is 0. The first-order valence-electron chi connectivity index (χ1n) is 9.88. The van der Waals surface area contributed by atoms with Gasteiger partial charge in [0.15, 0.2) is 0 Å². The summed E-state index contributed by atoms with van der Waals surface area (Å²) in [5, 5.41) is 8.67. The topological polar surface area (TPSA) is 12.0 Å². The number of anilines is 1. The molecule has 0 spiro atoms. The molecule has 0 aliphatic heterocycles. The van der Waals surface area contributed by atoms with Crippen molar-refractivity contribution in [1.82, 2.24) is 0 Å². The molecular formula is C28H21N. The summed E-state index contributed by atoms with van der Waals surface area (Å²) in [6, 6.07) is 40.4. The summed E-state index contributed by atoms with van der Waals surface area (Å²) in [5.41, 5.74) is 4.56. The van der Waals surface area contributed by atoms with Crippen LogP contribution in [0.4, 0.5) is 5.69 Å². The zero-order valence-electron chi connectivity index (χ0n) is 16.0. The van der Waals surface area contributed by atoms with Crippen molar-refractivity contribution in [2.24, 2.45) is 0 Å². The van der Waals surface area contributed by atoms with Crippen LogP contribution in [-0.2, 0) is 0 Å². The molecule has 0 unspecified atom stereocenters. The third-order valence-corrected chi connectivity index (χ3v) is 5.25. The Kier molecular flexibility index (Phi) is 4.56. The number of hydrogen-bond donors (Lipinski definition) is 1. The molecule has 0 saturated heterocycles. The molecule has 0 radical (unpaired) electrons. The van der Waals surface area contributed by atoms with Crippen LogP contribution in [0.3, 0.4) is 0 Å². The second-order valence-electron chi connectivity index (χ2n) is 7.15. The van der Waals surface area contributed by atoms with Gasteiger partial charge in [-0.1, -0.05) is 109 Å². The highest BCUT2D eigenvalue weighted by molar-refractivity contribution is 6.04. The first kappa shape index (κ1) is 17.3. The van der Waals surface area contributed by atoms with Crippen LogP contribution in [0.1, 0.15) is 11.1 Å². The lowest BCUT2D eigenvalue weighted by Crippen LogP contribution is -2.00. The SMILES string of the molecule is C(=C(Nc1cccc2ccccc12)c1cccc2ccccc12)c1ccccc1. The summed E-state index contributed by atoms with van der Waals surface area (Å²) in [7, 11) is 0. The zero-order valence-corrected chi connectivity index (χ0v) is 16.0. The maximum atomic E-state index is 3.74. The van der Waals surface area contributed by atoms with Gasteiger partial charge in [0.2, 0.25) is 0 Å². The average Bonchev–Trinajstić information content (AvgIpc) is 2.79. The molecule has 0 bridgehead atoms. The summed E-state index contributed by atoms with van der Waals surface area (Å²) < 4.78 is 0. The first-order chi connectivity index (χ1) is 14.4. The Hall–Kier alpha value is -3.84. The van der Waals surface area contributed by atoms with Gasteiger partial charge < -0.3 is 5.32 Å². The van der Waals surface area contributed by atoms with Gasteiger partial charge in [0.05, 0.1) is 0 Å². The lowest BCUT2D eigenvalue weighted by molar-refractivity contribution is 1.58. The molecule has 29 heavy (non-hydrogen) atoms. The van der Waals surface area contributed by atoms with Crippen LogP contribution in [0.2, 0.25) is 0 Å². The lowest BCUT2D eigenvalue weighted by atomic mass is 10.00. The van der Waals surface area contributed by atoms with E-state index in [2.05, 4.69) is 121 Å². The normalized spacial score (nSPS) is 11.7. The quantitative estimate of drug-likeness (QED) is 0.321. The molecule has 0 saturated carbocycles. The predicted octanol–water partition coefficient (Wildman–Crippen LogP) is 7.60. The van der Waals surface area contributed by atoms with E-state index < -0.39 is 0 Å². The third kappa shape index (κ3) is 3.51. The fourth-order valence-corrected chi connectivity index (χ4v) is 3.84. The molecule has 0 amide bonds. The molecule has 5 aromatic carbocycles. The molecule has 138 valence electrons. The van der Waals surface area contributed by atoms with Gasteiger partial charge in [-0.25, -0.2) is 0 Å². The second-order valence-corrected chi connectivity index (χ2v) is 7.15. The Morgan fingerprint density at radius 1 is 0.517 bits per heavy atom. The molecule has 0 aliphatic carbocycles. The number of benzene rings is 5. The Morgan fingerprint density at radius 2 is 1.10 bits per heavy atom. The summed E-state index contributed by atoms with van der Waals surface area (Å²) in [5.74, 6) is 0. The fourth-order valence-electron chi connectivity index (χ4n) is 3.84. The molecule has 0 fully saturated rings. The molecule has 5 aromatic rings. The van der Waals surface area contributed by atoms with Crippen molar-refractivity contribution in [3.63, 3.8) is 0 Å². The van der Waals surface area contributed by atoms with Crippen LogP contribution in [0, 0.1) is 0 Å². The number of fused-ring (bicyclic) bond motifs is 2. The van der Waals surface area contributed by atoms with Crippen molar-refractivity contribution in [3.05, 3.63) is 126 Å². The first-order valence-corrected chi connectivity index (χ1v) is 9.88. The molecule has 1 heteroatoms. The summed E-state index contributed by atoms with van der Waals surface area (Å²) in [6.45, 7) is 0. The Bertz CT molecular complexity index is 1310. The van der Waals surface area contributed by atoms with E-state index in [4.69, 9.17) is 0 Å². The average molecular weight is 371 g/mol. The third-order valence-electron chi connectivity index (χ3n) is 5.25. The molecular weight excluding hydrogens is 350 g/mol. The Labute approximate surface area is 170 Å². The highest BCUT2D eigenvalue weighted by Crippen LogP contribution is 2.31. The van der Waals surface area contributed by atoms with Gasteiger partial charge >= 0.3 is 0 Å². The highest BCUT2D eigenvalue weighted by Gasteiger charge is 2.09. The van der Waals surface area contributed by atoms with Crippen molar-refractivity contribution in [3.8, 4) is 0 Å².